The molecule has 0 aliphatic rings. The third kappa shape index (κ3) is 3.52. The minimum absolute atomic E-state index is 0.154. The number of nitrogen functional groups attached to an aromatic ring is 1. The lowest BCUT2D eigenvalue weighted by Crippen LogP contribution is -2.16. The number of anilines is 1. The molecule has 0 radical (unpaired) electrons. The van der Waals surface area contributed by atoms with Crippen LogP contribution < -0.4 is 16.9 Å². The van der Waals surface area contributed by atoms with E-state index in [1.165, 1.54) is 22.2 Å². The maximum absolute atomic E-state index is 12.4. The number of aryl methyl sites for hydroxylation is 1. The van der Waals surface area contributed by atoms with Crippen LogP contribution in [0.15, 0.2) is 63.4 Å². The molecule has 0 fully saturated rings. The summed E-state index contributed by atoms with van der Waals surface area (Å²) in [4.78, 5) is 31.8. The van der Waals surface area contributed by atoms with E-state index in [1.54, 1.807) is 36.5 Å². The minimum Gasteiger partial charge on any atom is -0.398 e. The summed E-state index contributed by atoms with van der Waals surface area (Å²) in [6.07, 6.45) is 1.75. The highest BCUT2D eigenvalue weighted by molar-refractivity contribution is 7.98. The fourth-order valence-electron chi connectivity index (χ4n) is 2.75. The number of nitrogens with two attached hydrogens (primary N) is 1. The van der Waals surface area contributed by atoms with Gasteiger partial charge in [-0.1, -0.05) is 36.0 Å². The Morgan fingerprint density at radius 2 is 1.96 bits per heavy atom. The zero-order valence-corrected chi connectivity index (χ0v) is 15.7. The van der Waals surface area contributed by atoms with Gasteiger partial charge in [0.1, 0.15) is 5.65 Å². The van der Waals surface area contributed by atoms with E-state index in [0.717, 1.165) is 5.56 Å². The van der Waals surface area contributed by atoms with Gasteiger partial charge < -0.3 is 5.73 Å². The van der Waals surface area contributed by atoms with Gasteiger partial charge in [-0.15, -0.1) is 10.2 Å². The maximum Gasteiger partial charge on any atom is 0.278 e. The predicted molar refractivity (Wildman–Crippen MR) is 108 cm³/mol. The summed E-state index contributed by atoms with van der Waals surface area (Å²) in [5.74, 6) is 0.372. The lowest BCUT2D eigenvalue weighted by molar-refractivity contribution is 0.823. The van der Waals surface area contributed by atoms with E-state index in [0.29, 0.717) is 33.5 Å². The van der Waals surface area contributed by atoms with Gasteiger partial charge in [0.15, 0.2) is 10.9 Å². The molecule has 3 N–H and O–H groups in total. The lowest BCUT2D eigenvalue weighted by atomic mass is 10.1. The van der Waals surface area contributed by atoms with Crippen LogP contribution in [0, 0.1) is 6.92 Å². The second-order valence-electron chi connectivity index (χ2n) is 6.20. The molecule has 8 nitrogen and oxygen atoms in total. The number of aromatic nitrogens is 5. The van der Waals surface area contributed by atoms with Gasteiger partial charge in [-0.25, -0.2) is 4.98 Å². The largest absolute Gasteiger partial charge is 0.398 e. The van der Waals surface area contributed by atoms with Crippen molar-refractivity contribution in [2.75, 3.05) is 5.73 Å². The molecule has 0 aliphatic heterocycles. The Labute approximate surface area is 163 Å². The maximum atomic E-state index is 12.4. The van der Waals surface area contributed by atoms with E-state index in [4.69, 9.17) is 5.73 Å². The fourth-order valence-corrected chi connectivity index (χ4v) is 3.45. The normalized spacial score (nSPS) is 11.0. The van der Waals surface area contributed by atoms with Crippen molar-refractivity contribution in [1.29, 1.82) is 0 Å². The quantitative estimate of drug-likeness (QED) is 0.403. The molecule has 4 aromatic rings. The smallest absolute Gasteiger partial charge is 0.278 e. The summed E-state index contributed by atoms with van der Waals surface area (Å²) in [6, 6.07) is 12.2. The molecule has 0 aliphatic carbocycles. The van der Waals surface area contributed by atoms with Gasteiger partial charge in [0, 0.05) is 29.3 Å². The monoisotopic (exact) mass is 392 g/mol. The number of H-pyrrole nitrogens is 1. The van der Waals surface area contributed by atoms with Crippen LogP contribution >= 0.6 is 11.8 Å². The zero-order chi connectivity index (χ0) is 19.7. The predicted octanol–water partition coefficient (Wildman–Crippen LogP) is 2.02. The van der Waals surface area contributed by atoms with Crippen molar-refractivity contribution in [3.63, 3.8) is 0 Å². The molecular weight excluding hydrogens is 376 g/mol. The molecule has 0 spiro atoms. The average molecular weight is 392 g/mol. The van der Waals surface area contributed by atoms with Crippen molar-refractivity contribution in [2.24, 2.45) is 0 Å². The highest BCUT2D eigenvalue weighted by atomic mass is 32.2. The molecule has 1 aromatic carbocycles. The van der Waals surface area contributed by atoms with Crippen LogP contribution in [-0.2, 0) is 5.75 Å². The molecular formula is C19H16N6O2S. The highest BCUT2D eigenvalue weighted by Crippen LogP contribution is 2.21. The number of hydrogen-bond acceptors (Lipinski definition) is 7. The van der Waals surface area contributed by atoms with E-state index >= 15 is 0 Å². The van der Waals surface area contributed by atoms with Crippen LogP contribution in [0.5, 0.6) is 0 Å². The van der Waals surface area contributed by atoms with Gasteiger partial charge in [0.2, 0.25) is 0 Å². The van der Waals surface area contributed by atoms with E-state index in [-0.39, 0.29) is 16.8 Å². The van der Waals surface area contributed by atoms with Crippen LogP contribution in [0.25, 0.3) is 16.9 Å². The van der Waals surface area contributed by atoms with Crippen LogP contribution in [-0.4, -0.2) is 24.6 Å². The Bertz CT molecular complexity index is 1300. The fraction of sp³-hybridized carbons (Fsp3) is 0.105. The van der Waals surface area contributed by atoms with Gasteiger partial charge in [-0.2, -0.15) is 0 Å². The Kier molecular flexibility index (Phi) is 4.66. The molecule has 0 unspecified atom stereocenters. The Morgan fingerprint density at radius 1 is 1.14 bits per heavy atom. The van der Waals surface area contributed by atoms with Crippen LogP contribution in [0.4, 0.5) is 5.69 Å². The second-order valence-corrected chi connectivity index (χ2v) is 7.17. The number of benzene rings is 1. The number of aromatic amines is 1. The number of rotatable bonds is 4. The van der Waals surface area contributed by atoms with E-state index < -0.39 is 0 Å². The summed E-state index contributed by atoms with van der Waals surface area (Å²) < 4.78 is 1.50. The molecule has 28 heavy (non-hydrogen) atoms. The number of nitrogens with one attached hydrogen (secondary N) is 1. The highest BCUT2D eigenvalue weighted by Gasteiger charge is 2.11. The van der Waals surface area contributed by atoms with E-state index in [1.807, 2.05) is 13.0 Å². The molecule has 0 bridgehead atoms. The first-order chi connectivity index (χ1) is 13.5. The molecule has 0 saturated heterocycles. The number of pyridine rings is 1. The minimum atomic E-state index is -0.377. The van der Waals surface area contributed by atoms with Gasteiger partial charge in [0.05, 0.1) is 5.69 Å². The van der Waals surface area contributed by atoms with Crippen molar-refractivity contribution in [3.05, 3.63) is 80.6 Å². The molecule has 3 heterocycles. The van der Waals surface area contributed by atoms with Gasteiger partial charge in [-0.3, -0.25) is 19.0 Å². The topological polar surface area (TPSA) is 119 Å². The van der Waals surface area contributed by atoms with Crippen molar-refractivity contribution in [2.45, 2.75) is 17.8 Å². The molecule has 9 heteroatoms. The summed E-state index contributed by atoms with van der Waals surface area (Å²) in [6.45, 7) is 1.91. The second kappa shape index (κ2) is 7.28. The Hall–Kier alpha value is -3.46. The van der Waals surface area contributed by atoms with Gasteiger partial charge >= 0.3 is 0 Å². The third-order valence-corrected chi connectivity index (χ3v) is 5.01. The van der Waals surface area contributed by atoms with Crippen molar-refractivity contribution < 1.29 is 0 Å². The average Bonchev–Trinajstić information content (AvgIpc) is 2.68. The summed E-state index contributed by atoms with van der Waals surface area (Å²) in [7, 11) is 0. The van der Waals surface area contributed by atoms with Crippen molar-refractivity contribution in [1.82, 2.24) is 24.6 Å². The van der Waals surface area contributed by atoms with Crippen LogP contribution in [0.1, 0.15) is 11.3 Å². The molecule has 4 rings (SSSR count). The number of hydrogen-bond donors (Lipinski definition) is 2. The van der Waals surface area contributed by atoms with Crippen LogP contribution in [0.2, 0.25) is 0 Å². The molecule has 0 saturated carbocycles. The summed E-state index contributed by atoms with van der Waals surface area (Å²) >= 11 is 1.25. The van der Waals surface area contributed by atoms with Gasteiger partial charge in [0.25, 0.3) is 11.1 Å². The Balaban J connectivity index is 1.57. The first kappa shape index (κ1) is 17.9. The third-order valence-electron chi connectivity index (χ3n) is 4.11. The molecule has 0 atom stereocenters. The van der Waals surface area contributed by atoms with Crippen LogP contribution in [0.3, 0.4) is 0 Å². The molecule has 3 aromatic heterocycles. The zero-order valence-electron chi connectivity index (χ0n) is 14.9. The SMILES string of the molecule is Cc1ccc2nc(CSc3nnc(-c4ccccc4N)c(=O)[nH]3)cc(=O)n2c1. The first-order valence-electron chi connectivity index (χ1n) is 8.45. The number of thioether (sulfide) groups is 1. The van der Waals surface area contributed by atoms with E-state index in [9.17, 15) is 9.59 Å². The standard InChI is InChI=1S/C19H16N6O2S/c1-11-6-7-15-21-12(8-16(26)25(15)9-11)10-28-19-22-18(27)17(23-24-19)13-4-2-3-5-14(13)20/h2-9H,10,20H2,1H3,(H,22,24,27). The molecule has 140 valence electrons. The Morgan fingerprint density at radius 3 is 2.75 bits per heavy atom. The van der Waals surface area contributed by atoms with Gasteiger partial charge in [-0.05, 0) is 24.6 Å². The number of para-hydroxylation sites is 1. The number of fused-ring (bicyclic) bond motifs is 1. The summed E-state index contributed by atoms with van der Waals surface area (Å²) in [5, 5.41) is 8.42. The first-order valence-corrected chi connectivity index (χ1v) is 9.43. The summed E-state index contributed by atoms with van der Waals surface area (Å²) in [5.41, 5.74) is 8.67. The lowest BCUT2D eigenvalue weighted by Gasteiger charge is -2.06. The van der Waals surface area contributed by atoms with Crippen molar-refractivity contribution >= 4 is 23.1 Å². The molecule has 0 amide bonds. The number of nitrogens with zero attached hydrogens (tertiary/aromatic N) is 4. The van der Waals surface area contributed by atoms with E-state index in [2.05, 4.69) is 20.2 Å². The van der Waals surface area contributed by atoms with Crippen molar-refractivity contribution in [3.8, 4) is 11.3 Å².